The molecule has 2 saturated heterocycles. The number of hydrogen-bond acceptors (Lipinski definition) is 11. The molecule has 0 bridgehead atoms. The molecule has 11 nitrogen and oxygen atoms in total. The molecule has 2 aliphatic heterocycles. The normalized spacial score (nSPS) is 44.9. The van der Waals surface area contributed by atoms with Crippen molar-refractivity contribution in [2.45, 2.75) is 135 Å². The standard InChI is InChI=1S/C32H56N2O9/c1-11-13-16-34(10)23-17-19(4)41-30(27(23)36)43-32(40)15-14-18(3)25(33-9)20(5)28(37)31(8,39)24(12-2)42-29(38)21(6)26(35)22(32)7/h1,18-24,26-28,30,35-37,39-40H,12-17H2,2-10H3/b33-25+/t18-,19-,20+,21-,22+,23+,24-,26-,27-,28-,30+,31-,32-/m1/s1. The predicted molar refractivity (Wildman–Crippen MR) is 163 cm³/mol. The van der Waals surface area contributed by atoms with Gasteiger partial charge in [-0.3, -0.25) is 14.7 Å². The lowest BCUT2D eigenvalue weighted by Gasteiger charge is -2.47. The maximum Gasteiger partial charge on any atom is 0.311 e. The molecule has 0 radical (unpaired) electrons. The molecule has 0 aromatic rings. The Hall–Kier alpha value is -1.62. The second kappa shape index (κ2) is 15.6. The lowest BCUT2D eigenvalue weighted by molar-refractivity contribution is -0.361. The molecule has 0 unspecified atom stereocenters. The molecule has 0 spiro atoms. The van der Waals surface area contributed by atoms with Crippen LogP contribution in [-0.4, -0.2) is 117 Å². The number of rotatable bonds is 6. The van der Waals surface area contributed by atoms with Gasteiger partial charge in [0.1, 0.15) is 17.8 Å². The van der Waals surface area contributed by atoms with Gasteiger partial charge in [-0.2, -0.15) is 0 Å². The fourth-order valence-electron chi connectivity index (χ4n) is 6.57. The quantitative estimate of drug-likeness (QED) is 0.170. The van der Waals surface area contributed by atoms with Gasteiger partial charge >= 0.3 is 5.97 Å². The smallest absolute Gasteiger partial charge is 0.311 e. The Morgan fingerprint density at radius 3 is 2.30 bits per heavy atom. The molecule has 248 valence electrons. The average Bonchev–Trinajstić information content (AvgIpc) is 2.96. The second-order valence-electron chi connectivity index (χ2n) is 13.0. The molecule has 0 aromatic heterocycles. The summed E-state index contributed by atoms with van der Waals surface area (Å²) in [4.78, 5) is 19.6. The Bertz CT molecular complexity index is 984. The number of hydrogen-bond donors (Lipinski definition) is 5. The largest absolute Gasteiger partial charge is 0.459 e. The van der Waals surface area contributed by atoms with E-state index in [2.05, 4.69) is 10.9 Å². The summed E-state index contributed by atoms with van der Waals surface area (Å²) in [7, 11) is 3.46. The number of aliphatic hydroxyl groups is 5. The zero-order valence-electron chi connectivity index (χ0n) is 27.4. The minimum absolute atomic E-state index is 0.0114. The molecule has 0 amide bonds. The fourth-order valence-corrected chi connectivity index (χ4v) is 6.57. The first-order valence-corrected chi connectivity index (χ1v) is 15.6. The Morgan fingerprint density at radius 2 is 1.74 bits per heavy atom. The van der Waals surface area contributed by atoms with E-state index in [1.807, 2.05) is 25.8 Å². The number of nitrogens with zero attached hydrogens (tertiary/aromatic N) is 2. The van der Waals surface area contributed by atoms with E-state index >= 15 is 0 Å². The van der Waals surface area contributed by atoms with Crippen molar-refractivity contribution in [3.8, 4) is 12.3 Å². The summed E-state index contributed by atoms with van der Waals surface area (Å²) in [6, 6.07) is -0.350. The predicted octanol–water partition coefficient (Wildman–Crippen LogP) is 1.71. The number of carbonyl (C=O) groups excluding carboxylic acids is 1. The molecule has 2 heterocycles. The van der Waals surface area contributed by atoms with E-state index in [0.717, 1.165) is 0 Å². The van der Waals surface area contributed by atoms with Gasteiger partial charge in [0, 0.05) is 50.0 Å². The molecule has 2 fully saturated rings. The van der Waals surface area contributed by atoms with Crippen molar-refractivity contribution >= 4 is 11.7 Å². The SMILES string of the molecule is C#CCCN(C)[C@H]1C[C@@H](C)O[C@@H](O[C@]2(O)CC[C@@H](C)/C(=N\C)[C@H](C)[C@@H](O)[C@](C)(O)[C@@H](CC)OC(=O)[C@H](C)[C@@H](O)[C@@H]2C)[C@@H]1O. The molecule has 11 heteroatoms. The Morgan fingerprint density at radius 1 is 1.12 bits per heavy atom. The van der Waals surface area contributed by atoms with Crippen LogP contribution in [0.5, 0.6) is 0 Å². The topological polar surface area (TPSA) is 162 Å². The molecule has 43 heavy (non-hydrogen) atoms. The van der Waals surface area contributed by atoms with Gasteiger partial charge in [0.15, 0.2) is 12.1 Å². The fraction of sp³-hybridized carbons (Fsp3) is 0.875. The van der Waals surface area contributed by atoms with Gasteiger partial charge in [-0.1, -0.05) is 27.7 Å². The van der Waals surface area contributed by atoms with Gasteiger partial charge in [-0.15, -0.1) is 12.3 Å². The van der Waals surface area contributed by atoms with Gasteiger partial charge in [-0.25, -0.2) is 0 Å². The highest BCUT2D eigenvalue weighted by atomic mass is 16.8. The number of aliphatic hydroxyl groups excluding tert-OH is 3. The second-order valence-corrected chi connectivity index (χ2v) is 13.0. The molecule has 2 aliphatic rings. The number of likely N-dealkylation sites (N-methyl/N-ethyl adjacent to an activating group) is 1. The van der Waals surface area contributed by atoms with Crippen LogP contribution in [0.3, 0.4) is 0 Å². The van der Waals surface area contributed by atoms with E-state index in [0.29, 0.717) is 31.5 Å². The number of carbonyl (C=O) groups is 1. The maximum absolute atomic E-state index is 13.3. The molecule has 2 rings (SSSR count). The highest BCUT2D eigenvalue weighted by molar-refractivity contribution is 5.89. The number of cyclic esters (lactones) is 1. The number of ether oxygens (including phenoxy) is 3. The van der Waals surface area contributed by atoms with Crippen LogP contribution in [0.15, 0.2) is 4.99 Å². The monoisotopic (exact) mass is 612 g/mol. The molecular weight excluding hydrogens is 556 g/mol. The molecular formula is C32H56N2O9. The minimum atomic E-state index is -2.03. The summed E-state index contributed by atoms with van der Waals surface area (Å²) >= 11 is 0. The third kappa shape index (κ3) is 8.56. The van der Waals surface area contributed by atoms with E-state index in [9.17, 15) is 30.3 Å². The number of aliphatic imine (C=N–C) groups is 1. The zero-order chi connectivity index (χ0) is 32.9. The van der Waals surface area contributed by atoms with Gasteiger partial charge in [0.2, 0.25) is 0 Å². The highest BCUT2D eigenvalue weighted by Gasteiger charge is 2.50. The van der Waals surface area contributed by atoms with Crippen LogP contribution in [0.2, 0.25) is 0 Å². The summed E-state index contributed by atoms with van der Waals surface area (Å²) in [6.07, 6.45) is 0.526. The van der Waals surface area contributed by atoms with Crippen LogP contribution in [0.25, 0.3) is 0 Å². The number of esters is 1. The lowest BCUT2D eigenvalue weighted by atomic mass is 9.77. The van der Waals surface area contributed by atoms with Crippen molar-refractivity contribution < 1.29 is 44.5 Å². The average molecular weight is 613 g/mol. The summed E-state index contributed by atoms with van der Waals surface area (Å²) < 4.78 is 17.9. The van der Waals surface area contributed by atoms with Gasteiger partial charge in [0.25, 0.3) is 0 Å². The first-order valence-electron chi connectivity index (χ1n) is 15.6. The maximum atomic E-state index is 13.3. The van der Waals surface area contributed by atoms with Crippen molar-refractivity contribution in [1.29, 1.82) is 0 Å². The van der Waals surface area contributed by atoms with E-state index in [-0.39, 0.29) is 30.9 Å². The first kappa shape index (κ1) is 37.6. The molecule has 0 aliphatic carbocycles. The van der Waals surface area contributed by atoms with Crippen molar-refractivity contribution in [2.24, 2.45) is 28.7 Å². The molecule has 0 aromatic carbocycles. The van der Waals surface area contributed by atoms with Crippen LogP contribution in [0.4, 0.5) is 0 Å². The summed E-state index contributed by atoms with van der Waals surface area (Å²) in [5, 5.41) is 57.5. The third-order valence-corrected chi connectivity index (χ3v) is 9.73. The van der Waals surface area contributed by atoms with Gasteiger partial charge in [0.05, 0.1) is 24.2 Å². The van der Waals surface area contributed by atoms with E-state index in [1.54, 1.807) is 27.8 Å². The minimum Gasteiger partial charge on any atom is -0.459 e. The highest BCUT2D eigenvalue weighted by Crippen LogP contribution is 2.38. The Labute approximate surface area is 257 Å². The van der Waals surface area contributed by atoms with Crippen molar-refractivity contribution in [1.82, 2.24) is 4.90 Å². The van der Waals surface area contributed by atoms with Crippen molar-refractivity contribution in [3.63, 3.8) is 0 Å². The van der Waals surface area contributed by atoms with Gasteiger partial charge < -0.3 is 39.7 Å². The molecule has 5 N–H and O–H groups in total. The van der Waals surface area contributed by atoms with E-state index < -0.39 is 65.8 Å². The van der Waals surface area contributed by atoms with Gasteiger partial charge in [-0.05, 0) is 53.0 Å². The van der Waals surface area contributed by atoms with Crippen LogP contribution in [-0.2, 0) is 19.0 Å². The van der Waals surface area contributed by atoms with Crippen LogP contribution < -0.4 is 0 Å². The van der Waals surface area contributed by atoms with Crippen molar-refractivity contribution in [3.05, 3.63) is 0 Å². The molecule has 13 atom stereocenters. The lowest BCUT2D eigenvalue weighted by Crippen LogP contribution is -2.59. The summed E-state index contributed by atoms with van der Waals surface area (Å²) in [6.45, 7) is 12.3. The summed E-state index contributed by atoms with van der Waals surface area (Å²) in [5.41, 5.74) is -1.19. The van der Waals surface area contributed by atoms with E-state index in [4.69, 9.17) is 20.6 Å². The summed E-state index contributed by atoms with van der Waals surface area (Å²) in [5.74, 6) is -3.24. The van der Waals surface area contributed by atoms with E-state index in [1.165, 1.54) is 13.8 Å². The number of terminal acetylenes is 1. The Balaban J connectivity index is 2.51. The first-order chi connectivity index (χ1) is 20.0. The van der Waals surface area contributed by atoms with Crippen LogP contribution >= 0.6 is 0 Å². The molecule has 0 saturated carbocycles. The zero-order valence-corrected chi connectivity index (χ0v) is 27.4. The van der Waals surface area contributed by atoms with Crippen LogP contribution in [0, 0.1) is 36.0 Å². The third-order valence-electron chi connectivity index (χ3n) is 9.73. The van der Waals surface area contributed by atoms with Crippen molar-refractivity contribution in [2.75, 3.05) is 20.6 Å². The van der Waals surface area contributed by atoms with Crippen LogP contribution in [0.1, 0.15) is 80.6 Å². The Kier molecular flexibility index (Phi) is 13.6.